The molecule has 0 aliphatic rings. The van der Waals surface area contributed by atoms with Gasteiger partial charge in [-0.1, -0.05) is 42.0 Å². The van der Waals surface area contributed by atoms with Crippen LogP contribution in [0.5, 0.6) is 5.75 Å². The van der Waals surface area contributed by atoms with Crippen molar-refractivity contribution < 1.29 is 9.53 Å². The highest BCUT2D eigenvalue weighted by atomic mass is 16.5. The molecule has 0 aliphatic heterocycles. The molecule has 0 saturated heterocycles. The number of pyridine rings is 1. The van der Waals surface area contributed by atoms with E-state index in [-0.39, 0.29) is 18.2 Å². The van der Waals surface area contributed by atoms with Crippen LogP contribution in [-0.2, 0) is 4.79 Å². The van der Waals surface area contributed by atoms with Gasteiger partial charge in [-0.15, -0.1) is 0 Å². The smallest absolute Gasteiger partial charge is 0.225 e. The first-order valence-electron chi connectivity index (χ1n) is 9.99. The van der Waals surface area contributed by atoms with Crippen molar-refractivity contribution >= 4 is 17.2 Å². The molecule has 5 heteroatoms. The Morgan fingerprint density at radius 2 is 1.80 bits per heavy atom. The summed E-state index contributed by atoms with van der Waals surface area (Å²) in [6.07, 6.45) is 2.13. The lowest BCUT2D eigenvalue weighted by Gasteiger charge is -2.20. The van der Waals surface area contributed by atoms with Crippen LogP contribution in [0.4, 0.5) is 5.69 Å². The molecule has 1 N–H and O–H groups in total. The van der Waals surface area contributed by atoms with Gasteiger partial charge in [-0.3, -0.25) is 4.79 Å². The topological polar surface area (TPSA) is 55.6 Å². The number of carbonyl (C=O) groups is 1. The molecule has 0 saturated carbocycles. The van der Waals surface area contributed by atoms with Gasteiger partial charge in [-0.25, -0.2) is 4.98 Å². The zero-order chi connectivity index (χ0) is 21.1. The average Bonchev–Trinajstić information content (AvgIpc) is 3.19. The van der Waals surface area contributed by atoms with Crippen molar-refractivity contribution in [3.63, 3.8) is 0 Å². The second kappa shape index (κ2) is 8.41. The summed E-state index contributed by atoms with van der Waals surface area (Å²) in [5.41, 5.74) is 5.80. The maximum absolute atomic E-state index is 13.0. The van der Waals surface area contributed by atoms with E-state index in [9.17, 15) is 4.79 Å². The third-order valence-corrected chi connectivity index (χ3v) is 5.35. The van der Waals surface area contributed by atoms with Crippen LogP contribution in [0.15, 0.2) is 72.9 Å². The summed E-state index contributed by atoms with van der Waals surface area (Å²) < 4.78 is 7.73. The number of nitrogens with zero attached hydrogens (tertiary/aromatic N) is 2. The number of methoxy groups -OCH3 is 1. The highest BCUT2D eigenvalue weighted by Gasteiger charge is 2.25. The van der Waals surface area contributed by atoms with E-state index in [0.29, 0.717) is 0 Å². The molecule has 4 aromatic rings. The van der Waals surface area contributed by atoms with Crippen molar-refractivity contribution in [2.45, 2.75) is 26.2 Å². The average molecular weight is 399 g/mol. The summed E-state index contributed by atoms with van der Waals surface area (Å²) in [7, 11) is 1.65. The number of nitrogens with one attached hydrogen (secondary N) is 1. The maximum Gasteiger partial charge on any atom is 0.225 e. The van der Waals surface area contributed by atoms with Crippen LogP contribution in [0, 0.1) is 13.8 Å². The Bertz CT molecular complexity index is 1180. The zero-order valence-electron chi connectivity index (χ0n) is 17.4. The molecule has 1 amide bonds. The van der Waals surface area contributed by atoms with Gasteiger partial charge in [-0.2, -0.15) is 0 Å². The SMILES string of the molecule is COc1ccccc1C(CC(=O)Nc1ccc(C)cc1)c1cnc2cccc(C)n12. The minimum atomic E-state index is -0.206. The first-order valence-corrected chi connectivity index (χ1v) is 9.99. The van der Waals surface area contributed by atoms with Gasteiger partial charge in [0, 0.05) is 35.5 Å². The van der Waals surface area contributed by atoms with E-state index in [1.54, 1.807) is 7.11 Å². The number of ether oxygens (including phenoxy) is 1. The van der Waals surface area contributed by atoms with Crippen LogP contribution >= 0.6 is 0 Å². The summed E-state index contributed by atoms with van der Waals surface area (Å²) in [4.78, 5) is 17.6. The van der Waals surface area contributed by atoms with Gasteiger partial charge in [0.25, 0.3) is 0 Å². The molecular formula is C25H25N3O2. The van der Waals surface area contributed by atoms with E-state index in [1.165, 1.54) is 0 Å². The highest BCUT2D eigenvalue weighted by Crippen LogP contribution is 2.35. The van der Waals surface area contributed by atoms with E-state index >= 15 is 0 Å². The normalized spacial score (nSPS) is 12.0. The lowest BCUT2D eigenvalue weighted by Crippen LogP contribution is -2.18. The molecule has 2 aromatic heterocycles. The standard InChI is InChI=1S/C25H25N3O2/c1-17-11-13-19(14-12-17)27-25(29)15-21(20-8-4-5-9-23(20)30-3)22-16-26-24-10-6-7-18(2)28(22)24/h4-14,16,21H,15H2,1-3H3,(H,27,29). The molecule has 2 heterocycles. The van der Waals surface area contributed by atoms with E-state index < -0.39 is 0 Å². The van der Waals surface area contributed by atoms with Crippen LogP contribution in [-0.4, -0.2) is 22.4 Å². The first kappa shape index (κ1) is 19.7. The second-order valence-electron chi connectivity index (χ2n) is 7.46. The zero-order valence-corrected chi connectivity index (χ0v) is 17.4. The number of imidazole rings is 1. The van der Waals surface area contributed by atoms with E-state index in [4.69, 9.17) is 4.74 Å². The predicted molar refractivity (Wildman–Crippen MR) is 119 cm³/mol. The van der Waals surface area contributed by atoms with Crippen LogP contribution in [0.1, 0.15) is 34.9 Å². The third kappa shape index (κ3) is 3.92. The molecule has 0 spiro atoms. The maximum atomic E-state index is 13.0. The van der Waals surface area contributed by atoms with Crippen LogP contribution < -0.4 is 10.1 Å². The molecule has 1 unspecified atom stereocenters. The van der Waals surface area contributed by atoms with Crippen molar-refractivity contribution in [2.24, 2.45) is 0 Å². The number of aromatic nitrogens is 2. The Labute approximate surface area is 176 Å². The largest absolute Gasteiger partial charge is 0.496 e. The monoisotopic (exact) mass is 399 g/mol. The first-order chi connectivity index (χ1) is 14.6. The number of hydrogen-bond acceptors (Lipinski definition) is 3. The predicted octanol–water partition coefficient (Wildman–Crippen LogP) is 5.12. The molecular weight excluding hydrogens is 374 g/mol. The van der Waals surface area contributed by atoms with Crippen LogP contribution in [0.25, 0.3) is 5.65 Å². The van der Waals surface area contributed by atoms with E-state index in [0.717, 1.165) is 39.6 Å². The Morgan fingerprint density at radius 3 is 2.57 bits per heavy atom. The quantitative estimate of drug-likeness (QED) is 0.490. The Hall–Kier alpha value is -3.60. The number of fused-ring (bicyclic) bond motifs is 1. The number of rotatable bonds is 6. The summed E-state index contributed by atoms with van der Waals surface area (Å²) in [5, 5.41) is 3.02. The van der Waals surface area contributed by atoms with Crippen molar-refractivity contribution in [3.05, 3.63) is 95.4 Å². The molecule has 5 nitrogen and oxygen atoms in total. The van der Waals surface area contributed by atoms with Gasteiger partial charge in [0.1, 0.15) is 11.4 Å². The number of aryl methyl sites for hydroxylation is 2. The molecule has 1 atom stereocenters. The van der Waals surface area contributed by atoms with Crippen molar-refractivity contribution in [3.8, 4) is 5.75 Å². The number of anilines is 1. The summed E-state index contributed by atoms with van der Waals surface area (Å²) in [5.74, 6) is 0.496. The van der Waals surface area contributed by atoms with Crippen LogP contribution in [0.3, 0.4) is 0 Å². The fourth-order valence-corrected chi connectivity index (χ4v) is 3.84. The molecule has 4 rings (SSSR count). The second-order valence-corrected chi connectivity index (χ2v) is 7.46. The van der Waals surface area contributed by atoms with Crippen LogP contribution in [0.2, 0.25) is 0 Å². The minimum absolute atomic E-state index is 0.0571. The summed E-state index contributed by atoms with van der Waals surface area (Å²) >= 11 is 0. The minimum Gasteiger partial charge on any atom is -0.496 e. The lowest BCUT2D eigenvalue weighted by molar-refractivity contribution is -0.116. The van der Waals surface area contributed by atoms with Gasteiger partial charge < -0.3 is 14.5 Å². The summed E-state index contributed by atoms with van der Waals surface area (Å²) in [6, 6.07) is 21.7. The molecule has 0 fully saturated rings. The lowest BCUT2D eigenvalue weighted by atomic mass is 9.91. The van der Waals surface area contributed by atoms with Crippen molar-refractivity contribution in [2.75, 3.05) is 12.4 Å². The molecule has 0 aliphatic carbocycles. The molecule has 30 heavy (non-hydrogen) atoms. The third-order valence-electron chi connectivity index (χ3n) is 5.35. The molecule has 0 bridgehead atoms. The van der Waals surface area contributed by atoms with Gasteiger partial charge in [0.15, 0.2) is 0 Å². The Balaban J connectivity index is 1.74. The van der Waals surface area contributed by atoms with E-state index in [1.807, 2.05) is 86.8 Å². The van der Waals surface area contributed by atoms with E-state index in [2.05, 4.69) is 14.7 Å². The van der Waals surface area contributed by atoms with Gasteiger partial charge >= 0.3 is 0 Å². The molecule has 0 radical (unpaired) electrons. The fourth-order valence-electron chi connectivity index (χ4n) is 3.84. The number of carbonyl (C=O) groups excluding carboxylic acids is 1. The Kier molecular flexibility index (Phi) is 5.53. The fraction of sp³-hybridized carbons (Fsp3) is 0.200. The number of hydrogen-bond donors (Lipinski definition) is 1. The number of para-hydroxylation sites is 1. The van der Waals surface area contributed by atoms with Gasteiger partial charge in [0.2, 0.25) is 5.91 Å². The van der Waals surface area contributed by atoms with Crippen molar-refractivity contribution in [1.82, 2.24) is 9.38 Å². The van der Waals surface area contributed by atoms with Crippen molar-refractivity contribution in [1.29, 1.82) is 0 Å². The van der Waals surface area contributed by atoms with Gasteiger partial charge in [0.05, 0.1) is 12.8 Å². The summed E-state index contributed by atoms with van der Waals surface area (Å²) in [6.45, 7) is 4.07. The molecule has 2 aromatic carbocycles. The van der Waals surface area contributed by atoms with Gasteiger partial charge in [-0.05, 0) is 44.2 Å². The number of amides is 1. The highest BCUT2D eigenvalue weighted by molar-refractivity contribution is 5.91. The number of benzene rings is 2. The Morgan fingerprint density at radius 1 is 1.03 bits per heavy atom. The molecule has 152 valence electrons.